The van der Waals surface area contributed by atoms with Crippen LogP contribution < -0.4 is 5.32 Å². The van der Waals surface area contributed by atoms with E-state index in [1.807, 2.05) is 6.07 Å². The Hall–Kier alpha value is -0.870. The molecule has 0 amide bonds. The van der Waals surface area contributed by atoms with Crippen LogP contribution in [0.15, 0.2) is 6.07 Å². The molecule has 2 saturated carbocycles. The molecule has 0 unspecified atom stereocenters. The summed E-state index contributed by atoms with van der Waals surface area (Å²) in [6.45, 7) is 1.21. The van der Waals surface area contributed by atoms with Crippen LogP contribution in [-0.4, -0.2) is 41.5 Å². The Kier molecular flexibility index (Phi) is 4.65. The first kappa shape index (κ1) is 15.0. The summed E-state index contributed by atoms with van der Waals surface area (Å²) < 4.78 is 0. The van der Waals surface area contributed by atoms with E-state index in [1.54, 1.807) is 0 Å². The molecule has 1 N–H and O–H groups in total. The van der Waals surface area contributed by atoms with Crippen molar-refractivity contribution in [2.24, 2.45) is 5.92 Å². The molecular weight excluding hydrogens is 284 g/mol. The molecule has 2 aliphatic rings. The van der Waals surface area contributed by atoms with Crippen LogP contribution in [-0.2, 0) is 0 Å². The summed E-state index contributed by atoms with van der Waals surface area (Å²) in [6.07, 6.45) is 7.44. The summed E-state index contributed by atoms with van der Waals surface area (Å²) in [5, 5.41) is 4.13. The lowest BCUT2D eigenvalue weighted by Gasteiger charge is -2.31. The first-order chi connectivity index (χ1) is 10.1. The zero-order chi connectivity index (χ0) is 14.8. The van der Waals surface area contributed by atoms with Gasteiger partial charge < -0.3 is 10.2 Å². The summed E-state index contributed by atoms with van der Waals surface area (Å²) >= 11 is 6.12. The minimum Gasteiger partial charge on any atom is -0.367 e. The molecule has 21 heavy (non-hydrogen) atoms. The lowest BCUT2D eigenvalue weighted by molar-refractivity contribution is 0.255. The van der Waals surface area contributed by atoms with Gasteiger partial charge in [-0.1, -0.05) is 11.6 Å². The van der Waals surface area contributed by atoms with E-state index >= 15 is 0 Å². The van der Waals surface area contributed by atoms with E-state index in [-0.39, 0.29) is 0 Å². The van der Waals surface area contributed by atoms with Gasteiger partial charge in [-0.3, -0.25) is 0 Å². The number of anilines is 1. The van der Waals surface area contributed by atoms with E-state index in [0.717, 1.165) is 17.6 Å². The third-order valence-corrected chi connectivity index (χ3v) is 4.67. The Bertz CT molecular complexity index is 479. The molecular formula is C16H25ClN4. The van der Waals surface area contributed by atoms with Gasteiger partial charge >= 0.3 is 0 Å². The Balaban J connectivity index is 1.55. The number of hydrogen-bond acceptors (Lipinski definition) is 4. The van der Waals surface area contributed by atoms with Crippen molar-refractivity contribution in [2.75, 3.05) is 26.0 Å². The molecule has 5 heteroatoms. The zero-order valence-corrected chi connectivity index (χ0v) is 13.7. The number of aromatic nitrogens is 2. The average Bonchev–Trinajstić information content (AvgIpc) is 3.24. The van der Waals surface area contributed by atoms with Gasteiger partial charge in [0.1, 0.15) is 16.8 Å². The van der Waals surface area contributed by atoms with Crippen LogP contribution >= 0.6 is 11.6 Å². The van der Waals surface area contributed by atoms with Crippen molar-refractivity contribution in [3.8, 4) is 0 Å². The van der Waals surface area contributed by atoms with E-state index in [2.05, 4.69) is 34.3 Å². The largest absolute Gasteiger partial charge is 0.367 e. The van der Waals surface area contributed by atoms with Crippen molar-refractivity contribution >= 4 is 17.4 Å². The molecule has 1 heterocycles. The molecule has 116 valence electrons. The Labute approximate surface area is 132 Å². The first-order valence-electron chi connectivity index (χ1n) is 8.06. The molecule has 1 aromatic rings. The third kappa shape index (κ3) is 4.30. The first-order valence-corrected chi connectivity index (χ1v) is 8.43. The predicted molar refractivity (Wildman–Crippen MR) is 86.9 cm³/mol. The second kappa shape index (κ2) is 6.49. The number of halogens is 1. The zero-order valence-electron chi connectivity index (χ0n) is 13.0. The lowest BCUT2D eigenvalue weighted by Crippen LogP contribution is -2.31. The molecule has 0 aliphatic heterocycles. The number of nitrogens with one attached hydrogen (secondary N) is 1. The van der Waals surface area contributed by atoms with Crippen LogP contribution in [0.1, 0.15) is 50.3 Å². The van der Waals surface area contributed by atoms with Gasteiger partial charge in [-0.25, -0.2) is 9.97 Å². The molecule has 0 saturated heterocycles. The van der Waals surface area contributed by atoms with E-state index in [0.29, 0.717) is 17.1 Å². The van der Waals surface area contributed by atoms with Gasteiger partial charge in [0.15, 0.2) is 0 Å². The third-order valence-electron chi connectivity index (χ3n) is 4.48. The van der Waals surface area contributed by atoms with Gasteiger partial charge in [-0.15, -0.1) is 0 Å². The SMILES string of the molecule is CN(C)CC1CCC(Nc2cc(Cl)nc(C3CC3)n2)CC1. The van der Waals surface area contributed by atoms with Crippen molar-refractivity contribution in [1.82, 2.24) is 14.9 Å². The maximum absolute atomic E-state index is 6.12. The highest BCUT2D eigenvalue weighted by molar-refractivity contribution is 6.29. The highest BCUT2D eigenvalue weighted by Crippen LogP contribution is 2.39. The van der Waals surface area contributed by atoms with Crippen LogP contribution in [0.5, 0.6) is 0 Å². The smallest absolute Gasteiger partial charge is 0.135 e. The van der Waals surface area contributed by atoms with E-state index in [9.17, 15) is 0 Å². The monoisotopic (exact) mass is 308 g/mol. The highest BCUT2D eigenvalue weighted by atomic mass is 35.5. The second-order valence-corrected chi connectivity index (χ2v) is 7.22. The quantitative estimate of drug-likeness (QED) is 0.845. The van der Waals surface area contributed by atoms with E-state index < -0.39 is 0 Å². The van der Waals surface area contributed by atoms with Gasteiger partial charge in [0, 0.05) is 24.6 Å². The van der Waals surface area contributed by atoms with Crippen molar-refractivity contribution in [3.05, 3.63) is 17.0 Å². The average molecular weight is 309 g/mol. The normalized spacial score (nSPS) is 26.1. The standard InChI is InChI=1S/C16H25ClN4/c1-21(2)10-11-3-7-13(8-4-11)18-15-9-14(17)19-16(20-15)12-5-6-12/h9,11-13H,3-8,10H2,1-2H3,(H,18,19,20). The molecule has 0 radical (unpaired) electrons. The van der Waals surface area contributed by atoms with Crippen molar-refractivity contribution in [1.29, 1.82) is 0 Å². The summed E-state index contributed by atoms with van der Waals surface area (Å²) in [6, 6.07) is 2.39. The number of hydrogen-bond donors (Lipinski definition) is 1. The lowest BCUT2D eigenvalue weighted by atomic mass is 9.86. The van der Waals surface area contributed by atoms with Crippen LogP contribution in [0, 0.1) is 5.92 Å². The van der Waals surface area contributed by atoms with Gasteiger partial charge in [0.25, 0.3) is 0 Å². The van der Waals surface area contributed by atoms with Gasteiger partial charge in [0.05, 0.1) is 0 Å². The maximum atomic E-state index is 6.12. The van der Waals surface area contributed by atoms with Gasteiger partial charge in [-0.05, 0) is 58.5 Å². The van der Waals surface area contributed by atoms with E-state index in [1.165, 1.54) is 45.1 Å². The van der Waals surface area contributed by atoms with Crippen LogP contribution in [0.3, 0.4) is 0 Å². The highest BCUT2D eigenvalue weighted by Gasteiger charge is 2.28. The minimum atomic E-state index is 0.529. The summed E-state index contributed by atoms with van der Waals surface area (Å²) in [5.41, 5.74) is 0. The summed E-state index contributed by atoms with van der Waals surface area (Å²) in [4.78, 5) is 11.3. The predicted octanol–water partition coefficient (Wildman–Crippen LogP) is 3.54. The topological polar surface area (TPSA) is 41.0 Å². The number of nitrogens with zero attached hydrogens (tertiary/aromatic N) is 3. The minimum absolute atomic E-state index is 0.529. The summed E-state index contributed by atoms with van der Waals surface area (Å²) in [5.74, 6) is 3.22. The van der Waals surface area contributed by atoms with E-state index in [4.69, 9.17) is 11.6 Å². The Morgan fingerprint density at radius 3 is 2.48 bits per heavy atom. The molecule has 0 aromatic carbocycles. The van der Waals surface area contributed by atoms with Crippen molar-refractivity contribution in [3.63, 3.8) is 0 Å². The molecule has 3 rings (SSSR count). The second-order valence-electron chi connectivity index (χ2n) is 6.83. The molecule has 0 atom stereocenters. The molecule has 2 aliphatic carbocycles. The Morgan fingerprint density at radius 1 is 1.14 bits per heavy atom. The van der Waals surface area contributed by atoms with Crippen LogP contribution in [0.4, 0.5) is 5.82 Å². The van der Waals surface area contributed by atoms with Crippen molar-refractivity contribution < 1.29 is 0 Å². The molecule has 2 fully saturated rings. The fraction of sp³-hybridized carbons (Fsp3) is 0.750. The molecule has 1 aromatic heterocycles. The Morgan fingerprint density at radius 2 is 1.86 bits per heavy atom. The van der Waals surface area contributed by atoms with Gasteiger partial charge in [-0.2, -0.15) is 0 Å². The van der Waals surface area contributed by atoms with Crippen molar-refractivity contribution in [2.45, 2.75) is 50.5 Å². The molecule has 0 bridgehead atoms. The molecule has 4 nitrogen and oxygen atoms in total. The molecule has 0 spiro atoms. The number of rotatable bonds is 5. The van der Waals surface area contributed by atoms with Crippen LogP contribution in [0.2, 0.25) is 5.15 Å². The maximum Gasteiger partial charge on any atom is 0.135 e. The fourth-order valence-corrected chi connectivity index (χ4v) is 3.44. The summed E-state index contributed by atoms with van der Waals surface area (Å²) in [7, 11) is 4.32. The van der Waals surface area contributed by atoms with Gasteiger partial charge in [0.2, 0.25) is 0 Å². The fourth-order valence-electron chi connectivity index (χ4n) is 3.25. The van der Waals surface area contributed by atoms with Crippen LogP contribution in [0.25, 0.3) is 0 Å².